The molecule has 1 fully saturated rings. The smallest absolute Gasteiger partial charge is 0.257 e. The lowest BCUT2D eigenvalue weighted by Gasteiger charge is -2.38. The minimum Gasteiger partial charge on any atom is -0.334 e. The lowest BCUT2D eigenvalue weighted by atomic mass is 9.92. The van der Waals surface area contributed by atoms with Crippen LogP contribution in [0.25, 0.3) is 5.69 Å². The number of rotatable bonds is 3. The first kappa shape index (κ1) is 19.9. The predicted molar refractivity (Wildman–Crippen MR) is 106 cm³/mol. The number of benzene rings is 1. The van der Waals surface area contributed by atoms with Crippen molar-refractivity contribution < 1.29 is 4.79 Å². The molecular weight excluding hydrogens is 404 g/mol. The van der Waals surface area contributed by atoms with Gasteiger partial charge in [0, 0.05) is 23.6 Å². The Morgan fingerprint density at radius 2 is 2.04 bits per heavy atom. The molecule has 1 aliphatic heterocycles. The Balaban J connectivity index is 0.00000225. The summed E-state index contributed by atoms with van der Waals surface area (Å²) in [6, 6.07) is 8.01. The molecule has 0 saturated carbocycles. The van der Waals surface area contributed by atoms with Crippen molar-refractivity contribution in [3.8, 4) is 5.69 Å². The van der Waals surface area contributed by atoms with Crippen molar-refractivity contribution in [1.29, 1.82) is 0 Å². The van der Waals surface area contributed by atoms with Gasteiger partial charge in [0.2, 0.25) is 0 Å². The van der Waals surface area contributed by atoms with E-state index in [9.17, 15) is 4.79 Å². The van der Waals surface area contributed by atoms with Gasteiger partial charge in [-0.1, -0.05) is 22.9 Å². The number of carbonyl (C=O) groups excluding carboxylic acids is 1. The molecule has 1 aromatic heterocycles. The van der Waals surface area contributed by atoms with Crippen LogP contribution < -0.4 is 5.73 Å². The maximum Gasteiger partial charge on any atom is 0.257 e. The van der Waals surface area contributed by atoms with Gasteiger partial charge < -0.3 is 10.6 Å². The fraction of sp³-hybridized carbons (Fsp3) is 0.444. The largest absolute Gasteiger partial charge is 0.334 e. The quantitative estimate of drug-likeness (QED) is 0.814. The summed E-state index contributed by atoms with van der Waals surface area (Å²) < 4.78 is 2.82. The highest BCUT2D eigenvalue weighted by Gasteiger charge is 2.31. The van der Waals surface area contributed by atoms with Crippen LogP contribution in [0.5, 0.6) is 0 Å². The first-order valence-electron chi connectivity index (χ1n) is 8.33. The van der Waals surface area contributed by atoms with Crippen molar-refractivity contribution in [2.75, 3.05) is 13.1 Å². The maximum atomic E-state index is 13.0. The molecule has 7 heteroatoms. The van der Waals surface area contributed by atoms with Crippen molar-refractivity contribution in [3.05, 3.63) is 46.2 Å². The summed E-state index contributed by atoms with van der Waals surface area (Å²) in [4.78, 5) is 14.9. The predicted octanol–water partition coefficient (Wildman–Crippen LogP) is 3.56. The standard InChI is InChI=1S/C18H23BrN4O.ClH/c1-12-7-8-22(16(9-12)10-20)18(24)17-11-21-23(13(17)2)15-5-3-14(19)4-6-15;/h3-6,11-12,16H,7-10,20H2,1-2H3;1H. The van der Waals surface area contributed by atoms with Gasteiger partial charge in [0.1, 0.15) is 0 Å². The summed E-state index contributed by atoms with van der Waals surface area (Å²) in [5.74, 6) is 0.660. The average Bonchev–Trinajstić information content (AvgIpc) is 2.96. The third kappa shape index (κ3) is 4.07. The van der Waals surface area contributed by atoms with Gasteiger partial charge in [0.05, 0.1) is 23.1 Å². The Morgan fingerprint density at radius 1 is 1.36 bits per heavy atom. The van der Waals surface area contributed by atoms with Crippen molar-refractivity contribution in [3.63, 3.8) is 0 Å². The summed E-state index contributed by atoms with van der Waals surface area (Å²) in [6.45, 7) is 5.44. The van der Waals surface area contributed by atoms with Crippen LogP contribution >= 0.6 is 28.3 Å². The van der Waals surface area contributed by atoms with Crippen LogP contribution in [0.3, 0.4) is 0 Å². The van der Waals surface area contributed by atoms with Crippen LogP contribution in [0.1, 0.15) is 35.8 Å². The molecule has 1 aromatic carbocycles. The third-order valence-corrected chi connectivity index (χ3v) is 5.35. The molecule has 1 amide bonds. The molecule has 0 spiro atoms. The topological polar surface area (TPSA) is 64.2 Å². The number of carbonyl (C=O) groups is 1. The Bertz CT molecular complexity index is 731. The Hall–Kier alpha value is -1.37. The normalized spacial score (nSPS) is 20.2. The molecule has 1 saturated heterocycles. The van der Waals surface area contributed by atoms with Crippen molar-refractivity contribution >= 4 is 34.2 Å². The molecule has 2 aromatic rings. The van der Waals surface area contributed by atoms with Crippen LogP contribution in [0, 0.1) is 12.8 Å². The number of likely N-dealkylation sites (tertiary alicyclic amines) is 1. The van der Waals surface area contributed by atoms with Gasteiger partial charge >= 0.3 is 0 Å². The molecule has 0 radical (unpaired) electrons. The van der Waals surface area contributed by atoms with Gasteiger partial charge in [-0.2, -0.15) is 5.10 Å². The molecule has 2 N–H and O–H groups in total. The van der Waals surface area contributed by atoms with Gasteiger partial charge in [-0.3, -0.25) is 4.79 Å². The van der Waals surface area contributed by atoms with E-state index in [4.69, 9.17) is 5.73 Å². The Morgan fingerprint density at radius 3 is 2.68 bits per heavy atom. The highest BCUT2D eigenvalue weighted by atomic mass is 79.9. The zero-order valence-electron chi connectivity index (χ0n) is 14.5. The number of nitrogens with two attached hydrogens (primary N) is 1. The van der Waals surface area contributed by atoms with E-state index in [0.29, 0.717) is 18.0 Å². The Labute approximate surface area is 163 Å². The van der Waals surface area contributed by atoms with Gasteiger partial charge in [0.25, 0.3) is 5.91 Å². The van der Waals surface area contributed by atoms with Crippen LogP contribution in [0.4, 0.5) is 0 Å². The molecule has 0 bridgehead atoms. The van der Waals surface area contributed by atoms with Crippen molar-refractivity contribution in [2.24, 2.45) is 11.7 Å². The lowest BCUT2D eigenvalue weighted by Crippen LogP contribution is -2.49. The van der Waals surface area contributed by atoms with E-state index in [1.165, 1.54) is 0 Å². The van der Waals surface area contributed by atoms with E-state index in [1.807, 2.05) is 40.8 Å². The number of piperidine rings is 1. The van der Waals surface area contributed by atoms with Gasteiger partial charge in [-0.05, 0) is 49.9 Å². The average molecular weight is 428 g/mol. The van der Waals surface area contributed by atoms with Crippen LogP contribution in [0.15, 0.2) is 34.9 Å². The van der Waals surface area contributed by atoms with Crippen molar-refractivity contribution in [1.82, 2.24) is 14.7 Å². The second-order valence-corrected chi connectivity index (χ2v) is 7.47. The molecule has 0 aliphatic carbocycles. The van der Waals surface area contributed by atoms with Crippen LogP contribution in [-0.2, 0) is 0 Å². The minimum absolute atomic E-state index is 0. The summed E-state index contributed by atoms with van der Waals surface area (Å²) >= 11 is 3.43. The number of halogens is 2. The number of nitrogens with zero attached hydrogens (tertiary/aromatic N) is 3. The molecule has 2 heterocycles. The number of hydrogen-bond acceptors (Lipinski definition) is 3. The first-order chi connectivity index (χ1) is 11.5. The lowest BCUT2D eigenvalue weighted by molar-refractivity contribution is 0.0573. The van der Waals surface area contributed by atoms with Crippen LogP contribution in [-0.4, -0.2) is 39.7 Å². The molecule has 2 unspecified atom stereocenters. The Kier molecular flexibility index (Phi) is 6.65. The van der Waals surface area contributed by atoms with E-state index in [1.54, 1.807) is 6.20 Å². The molecule has 2 atom stereocenters. The fourth-order valence-electron chi connectivity index (χ4n) is 3.36. The SMILES string of the molecule is Cc1c(C(=O)N2CCC(C)CC2CN)cnn1-c1ccc(Br)cc1.Cl. The van der Waals surface area contributed by atoms with Crippen molar-refractivity contribution in [2.45, 2.75) is 32.7 Å². The highest BCUT2D eigenvalue weighted by molar-refractivity contribution is 9.10. The summed E-state index contributed by atoms with van der Waals surface area (Å²) in [6.07, 6.45) is 3.68. The van der Waals surface area contributed by atoms with E-state index >= 15 is 0 Å². The van der Waals surface area contributed by atoms with E-state index < -0.39 is 0 Å². The zero-order chi connectivity index (χ0) is 17.3. The summed E-state index contributed by atoms with van der Waals surface area (Å²) in [7, 11) is 0. The summed E-state index contributed by atoms with van der Waals surface area (Å²) in [5.41, 5.74) is 8.36. The molecular formula is C18H24BrClN4O. The van der Waals surface area contributed by atoms with Gasteiger partial charge in [-0.25, -0.2) is 4.68 Å². The first-order valence-corrected chi connectivity index (χ1v) is 9.12. The fourth-order valence-corrected chi connectivity index (χ4v) is 3.62. The summed E-state index contributed by atoms with van der Waals surface area (Å²) in [5, 5.41) is 4.42. The zero-order valence-corrected chi connectivity index (χ0v) is 16.9. The molecule has 3 rings (SSSR count). The second kappa shape index (κ2) is 8.34. The number of amides is 1. The van der Waals surface area contributed by atoms with Gasteiger partial charge in [-0.15, -0.1) is 12.4 Å². The van der Waals surface area contributed by atoms with E-state index in [2.05, 4.69) is 28.0 Å². The maximum absolute atomic E-state index is 13.0. The molecule has 1 aliphatic rings. The second-order valence-electron chi connectivity index (χ2n) is 6.55. The van der Waals surface area contributed by atoms with Gasteiger partial charge in [0.15, 0.2) is 0 Å². The van der Waals surface area contributed by atoms with E-state index in [-0.39, 0.29) is 24.4 Å². The minimum atomic E-state index is 0. The molecule has 25 heavy (non-hydrogen) atoms. The highest BCUT2D eigenvalue weighted by Crippen LogP contribution is 2.25. The number of aromatic nitrogens is 2. The monoisotopic (exact) mass is 426 g/mol. The third-order valence-electron chi connectivity index (χ3n) is 4.82. The molecule has 5 nitrogen and oxygen atoms in total. The number of hydrogen-bond donors (Lipinski definition) is 1. The van der Waals surface area contributed by atoms with Crippen LogP contribution in [0.2, 0.25) is 0 Å². The molecule has 136 valence electrons. The van der Waals surface area contributed by atoms with E-state index in [0.717, 1.165) is 35.2 Å².